The number of carbonyl (C=O) groups excluding carboxylic acids is 1. The third kappa shape index (κ3) is 1.98. The van der Waals surface area contributed by atoms with E-state index in [-0.39, 0.29) is 17.5 Å². The fourth-order valence-corrected chi connectivity index (χ4v) is 2.81. The maximum atomic E-state index is 12.3. The number of nitrogens with two attached hydrogens (primary N) is 1. The second-order valence-corrected chi connectivity index (χ2v) is 5.52. The standard InChI is InChI=1S/C15H19NO2/c16-12-7-5-11(6-8-12)15(9-10-15)14(17)18-13-3-1-2-4-13/h5-8,13H,1-4,9-10,16H2. The summed E-state index contributed by atoms with van der Waals surface area (Å²) >= 11 is 0. The first-order chi connectivity index (χ1) is 8.71. The van der Waals surface area contributed by atoms with Crippen molar-refractivity contribution < 1.29 is 9.53 Å². The SMILES string of the molecule is Nc1ccc(C2(C(=O)OC3CCCC3)CC2)cc1. The Labute approximate surface area is 107 Å². The summed E-state index contributed by atoms with van der Waals surface area (Å²) in [6.45, 7) is 0. The lowest BCUT2D eigenvalue weighted by Gasteiger charge is -2.18. The van der Waals surface area contributed by atoms with Crippen LogP contribution >= 0.6 is 0 Å². The van der Waals surface area contributed by atoms with Crippen molar-refractivity contribution in [2.45, 2.75) is 50.0 Å². The molecule has 0 aromatic heterocycles. The highest BCUT2D eigenvalue weighted by Gasteiger charge is 2.53. The first-order valence-corrected chi connectivity index (χ1v) is 6.78. The number of benzene rings is 1. The Morgan fingerprint density at radius 1 is 1.17 bits per heavy atom. The second kappa shape index (κ2) is 4.30. The van der Waals surface area contributed by atoms with Crippen LogP contribution in [0.2, 0.25) is 0 Å². The van der Waals surface area contributed by atoms with Crippen molar-refractivity contribution in [2.24, 2.45) is 0 Å². The minimum atomic E-state index is -0.365. The Hall–Kier alpha value is -1.51. The summed E-state index contributed by atoms with van der Waals surface area (Å²) in [4.78, 5) is 12.3. The number of hydrogen-bond donors (Lipinski definition) is 1. The van der Waals surface area contributed by atoms with Gasteiger partial charge < -0.3 is 10.5 Å². The van der Waals surface area contributed by atoms with E-state index in [1.165, 1.54) is 12.8 Å². The molecule has 18 heavy (non-hydrogen) atoms. The maximum Gasteiger partial charge on any atom is 0.316 e. The predicted molar refractivity (Wildman–Crippen MR) is 70.1 cm³/mol. The first kappa shape index (κ1) is 11.6. The van der Waals surface area contributed by atoms with E-state index in [9.17, 15) is 4.79 Å². The van der Waals surface area contributed by atoms with Crippen LogP contribution in [-0.2, 0) is 14.9 Å². The quantitative estimate of drug-likeness (QED) is 0.658. The van der Waals surface area contributed by atoms with Crippen LogP contribution in [0, 0.1) is 0 Å². The van der Waals surface area contributed by atoms with Crippen LogP contribution in [0.5, 0.6) is 0 Å². The summed E-state index contributed by atoms with van der Waals surface area (Å²) in [5, 5.41) is 0. The molecule has 0 atom stereocenters. The fourth-order valence-electron chi connectivity index (χ4n) is 2.81. The van der Waals surface area contributed by atoms with Crippen LogP contribution in [-0.4, -0.2) is 12.1 Å². The van der Waals surface area contributed by atoms with Gasteiger partial charge in [-0.3, -0.25) is 4.79 Å². The van der Waals surface area contributed by atoms with Crippen molar-refractivity contribution >= 4 is 11.7 Å². The molecular weight excluding hydrogens is 226 g/mol. The molecule has 0 saturated heterocycles. The molecule has 96 valence electrons. The van der Waals surface area contributed by atoms with Crippen molar-refractivity contribution in [2.75, 3.05) is 5.73 Å². The predicted octanol–water partition coefficient (Wildman–Crippen LogP) is 2.79. The Balaban J connectivity index is 1.73. The van der Waals surface area contributed by atoms with Crippen molar-refractivity contribution in [3.63, 3.8) is 0 Å². The molecule has 0 heterocycles. The lowest BCUT2D eigenvalue weighted by Crippen LogP contribution is -2.27. The summed E-state index contributed by atoms with van der Waals surface area (Å²) < 4.78 is 5.65. The van der Waals surface area contributed by atoms with Gasteiger partial charge in [-0.2, -0.15) is 0 Å². The fraction of sp³-hybridized carbons (Fsp3) is 0.533. The Morgan fingerprint density at radius 2 is 1.78 bits per heavy atom. The lowest BCUT2D eigenvalue weighted by molar-refractivity contribution is -0.152. The average Bonchev–Trinajstić information content (AvgIpc) is 3.03. The van der Waals surface area contributed by atoms with Gasteiger partial charge in [0.25, 0.3) is 0 Å². The van der Waals surface area contributed by atoms with Crippen LogP contribution in [0.1, 0.15) is 44.1 Å². The molecule has 0 spiro atoms. The molecular formula is C15H19NO2. The molecule has 1 aromatic rings. The average molecular weight is 245 g/mol. The smallest absolute Gasteiger partial charge is 0.316 e. The number of hydrogen-bond acceptors (Lipinski definition) is 3. The van der Waals surface area contributed by atoms with Crippen LogP contribution in [0.4, 0.5) is 5.69 Å². The number of nitrogen functional groups attached to an aromatic ring is 1. The molecule has 0 bridgehead atoms. The van der Waals surface area contributed by atoms with Gasteiger partial charge in [0.1, 0.15) is 6.10 Å². The van der Waals surface area contributed by atoms with Gasteiger partial charge in [0.2, 0.25) is 0 Å². The summed E-state index contributed by atoms with van der Waals surface area (Å²) in [5.74, 6) is -0.0285. The molecule has 0 amide bonds. The zero-order chi connectivity index (χ0) is 12.6. The van der Waals surface area contributed by atoms with Crippen LogP contribution in [0.25, 0.3) is 0 Å². The Morgan fingerprint density at radius 3 is 2.33 bits per heavy atom. The van der Waals surface area contributed by atoms with Gasteiger partial charge in [0, 0.05) is 5.69 Å². The summed E-state index contributed by atoms with van der Waals surface area (Å²) in [7, 11) is 0. The molecule has 0 radical (unpaired) electrons. The number of anilines is 1. The monoisotopic (exact) mass is 245 g/mol. The van der Waals surface area contributed by atoms with E-state index in [4.69, 9.17) is 10.5 Å². The summed E-state index contributed by atoms with van der Waals surface area (Å²) in [5.41, 5.74) is 7.11. The molecule has 3 heteroatoms. The molecule has 2 aliphatic carbocycles. The highest BCUT2D eigenvalue weighted by molar-refractivity contribution is 5.86. The van der Waals surface area contributed by atoms with Gasteiger partial charge in [-0.05, 0) is 56.2 Å². The Bertz CT molecular complexity index is 442. The molecule has 1 aromatic carbocycles. The highest BCUT2D eigenvalue weighted by atomic mass is 16.5. The minimum absolute atomic E-state index is 0.0285. The molecule has 2 N–H and O–H groups in total. The van der Waals surface area contributed by atoms with E-state index < -0.39 is 0 Å². The van der Waals surface area contributed by atoms with Gasteiger partial charge >= 0.3 is 5.97 Å². The third-order valence-electron chi connectivity index (χ3n) is 4.18. The number of esters is 1. The van der Waals surface area contributed by atoms with E-state index in [0.717, 1.165) is 36.9 Å². The second-order valence-electron chi connectivity index (χ2n) is 5.52. The minimum Gasteiger partial charge on any atom is -0.462 e. The number of carbonyl (C=O) groups is 1. The first-order valence-electron chi connectivity index (χ1n) is 6.78. The number of rotatable bonds is 3. The normalized spacial score (nSPS) is 21.8. The lowest BCUT2D eigenvalue weighted by atomic mass is 9.96. The van der Waals surface area contributed by atoms with Crippen molar-refractivity contribution in [3.05, 3.63) is 29.8 Å². The largest absolute Gasteiger partial charge is 0.462 e. The van der Waals surface area contributed by atoms with Gasteiger partial charge in [-0.25, -0.2) is 0 Å². The topological polar surface area (TPSA) is 52.3 Å². The van der Waals surface area contributed by atoms with Crippen molar-refractivity contribution in [1.82, 2.24) is 0 Å². The van der Waals surface area contributed by atoms with E-state index in [0.29, 0.717) is 0 Å². The summed E-state index contributed by atoms with van der Waals surface area (Å²) in [6.07, 6.45) is 6.40. The van der Waals surface area contributed by atoms with E-state index in [2.05, 4.69) is 0 Å². The van der Waals surface area contributed by atoms with E-state index in [1.54, 1.807) is 0 Å². The molecule has 3 rings (SSSR count). The third-order valence-corrected chi connectivity index (χ3v) is 4.18. The Kier molecular flexibility index (Phi) is 2.77. The molecule has 0 unspecified atom stereocenters. The molecule has 2 aliphatic rings. The van der Waals surface area contributed by atoms with Crippen molar-refractivity contribution in [1.29, 1.82) is 0 Å². The maximum absolute atomic E-state index is 12.3. The van der Waals surface area contributed by atoms with Crippen LogP contribution < -0.4 is 5.73 Å². The van der Waals surface area contributed by atoms with Crippen LogP contribution in [0.15, 0.2) is 24.3 Å². The van der Waals surface area contributed by atoms with E-state index in [1.807, 2.05) is 24.3 Å². The van der Waals surface area contributed by atoms with Gasteiger partial charge in [0.05, 0.1) is 5.41 Å². The zero-order valence-electron chi connectivity index (χ0n) is 10.5. The van der Waals surface area contributed by atoms with E-state index >= 15 is 0 Å². The summed E-state index contributed by atoms with van der Waals surface area (Å²) in [6, 6.07) is 7.63. The van der Waals surface area contributed by atoms with Crippen LogP contribution in [0.3, 0.4) is 0 Å². The molecule has 0 aliphatic heterocycles. The molecule has 3 nitrogen and oxygen atoms in total. The van der Waals surface area contributed by atoms with Gasteiger partial charge in [-0.15, -0.1) is 0 Å². The van der Waals surface area contributed by atoms with Gasteiger partial charge in [-0.1, -0.05) is 12.1 Å². The van der Waals surface area contributed by atoms with Gasteiger partial charge in [0.15, 0.2) is 0 Å². The van der Waals surface area contributed by atoms with Crippen molar-refractivity contribution in [3.8, 4) is 0 Å². The zero-order valence-corrected chi connectivity index (χ0v) is 10.5. The number of ether oxygens (including phenoxy) is 1. The molecule has 2 fully saturated rings. The molecule has 2 saturated carbocycles. The highest BCUT2D eigenvalue weighted by Crippen LogP contribution is 2.49.